The summed E-state index contributed by atoms with van der Waals surface area (Å²) in [6.07, 6.45) is 1.10. The summed E-state index contributed by atoms with van der Waals surface area (Å²) in [5.41, 5.74) is 1.29. The zero-order valence-electron chi connectivity index (χ0n) is 9.90. The molecule has 0 aliphatic heterocycles. The van der Waals surface area contributed by atoms with Gasteiger partial charge in [-0.2, -0.15) is 0 Å². The molecule has 0 fully saturated rings. The fourth-order valence-electron chi connectivity index (χ4n) is 2.07. The molecule has 0 aliphatic rings. The van der Waals surface area contributed by atoms with Crippen molar-refractivity contribution in [1.29, 1.82) is 0 Å². The molecule has 1 N–H and O–H groups in total. The van der Waals surface area contributed by atoms with Gasteiger partial charge in [0.2, 0.25) is 0 Å². The van der Waals surface area contributed by atoms with Gasteiger partial charge in [0.15, 0.2) is 0 Å². The smallest absolute Gasteiger partial charge is 0.115 e. The van der Waals surface area contributed by atoms with E-state index in [9.17, 15) is 5.11 Å². The predicted octanol–water partition coefficient (Wildman–Crippen LogP) is 3.19. The molecule has 84 valence electrons. The maximum absolute atomic E-state index is 9.25. The summed E-state index contributed by atoms with van der Waals surface area (Å²) in [6.45, 7) is 8.71. The van der Waals surface area contributed by atoms with Gasteiger partial charge in [0, 0.05) is 6.04 Å². The maximum Gasteiger partial charge on any atom is 0.115 e. The number of nitrogens with zero attached hydrogens (tertiary/aromatic N) is 1. The molecule has 1 atom stereocenters. The fourth-order valence-corrected chi connectivity index (χ4v) is 2.07. The fraction of sp³-hybridized carbons (Fsp3) is 0.538. The monoisotopic (exact) mass is 207 g/mol. The number of benzene rings is 1. The van der Waals surface area contributed by atoms with E-state index in [1.807, 2.05) is 12.1 Å². The van der Waals surface area contributed by atoms with Gasteiger partial charge in [-0.15, -0.1) is 0 Å². The summed E-state index contributed by atoms with van der Waals surface area (Å²) >= 11 is 0. The van der Waals surface area contributed by atoms with E-state index in [0.29, 0.717) is 11.8 Å². The van der Waals surface area contributed by atoms with Gasteiger partial charge in [0.1, 0.15) is 5.75 Å². The second-order valence-electron chi connectivity index (χ2n) is 3.74. The van der Waals surface area contributed by atoms with Crippen LogP contribution in [0.3, 0.4) is 0 Å². The minimum atomic E-state index is 0.341. The highest BCUT2D eigenvalue weighted by atomic mass is 16.3. The molecule has 0 saturated carbocycles. The Morgan fingerprint density at radius 3 is 2.00 bits per heavy atom. The first-order valence-corrected chi connectivity index (χ1v) is 5.75. The molecule has 15 heavy (non-hydrogen) atoms. The van der Waals surface area contributed by atoms with E-state index in [1.54, 1.807) is 12.1 Å². The van der Waals surface area contributed by atoms with E-state index >= 15 is 0 Å². The molecule has 1 aromatic carbocycles. The van der Waals surface area contributed by atoms with Crippen molar-refractivity contribution in [3.8, 4) is 5.75 Å². The van der Waals surface area contributed by atoms with Crippen molar-refractivity contribution in [3.63, 3.8) is 0 Å². The second kappa shape index (κ2) is 5.76. The number of aromatic hydroxyl groups is 1. The standard InChI is InChI=1S/C13H21NO/c1-4-13(14(5-2)6-3)11-7-9-12(15)10-8-11/h7-10,13,15H,4-6H2,1-3H3. The Kier molecular flexibility index (Phi) is 4.63. The topological polar surface area (TPSA) is 23.5 Å². The zero-order valence-corrected chi connectivity index (χ0v) is 9.90. The molecule has 0 spiro atoms. The Morgan fingerprint density at radius 2 is 1.60 bits per heavy atom. The quantitative estimate of drug-likeness (QED) is 0.801. The Balaban J connectivity index is 2.86. The lowest BCUT2D eigenvalue weighted by atomic mass is 10.0. The first-order valence-electron chi connectivity index (χ1n) is 5.75. The maximum atomic E-state index is 9.25. The van der Waals surface area contributed by atoms with Crippen molar-refractivity contribution in [2.24, 2.45) is 0 Å². The van der Waals surface area contributed by atoms with Crippen LogP contribution in [-0.2, 0) is 0 Å². The van der Waals surface area contributed by atoms with Gasteiger partial charge < -0.3 is 5.11 Å². The molecule has 2 heteroatoms. The lowest BCUT2D eigenvalue weighted by Crippen LogP contribution is -2.27. The Morgan fingerprint density at radius 1 is 1.07 bits per heavy atom. The summed E-state index contributed by atoms with van der Waals surface area (Å²) in [5.74, 6) is 0.341. The third-order valence-electron chi connectivity index (χ3n) is 2.92. The first-order chi connectivity index (χ1) is 7.22. The van der Waals surface area contributed by atoms with Crippen molar-refractivity contribution in [2.75, 3.05) is 13.1 Å². The summed E-state index contributed by atoms with van der Waals surface area (Å²) in [4.78, 5) is 2.44. The highest BCUT2D eigenvalue weighted by molar-refractivity contribution is 5.28. The van der Waals surface area contributed by atoms with Gasteiger partial charge in [-0.25, -0.2) is 0 Å². The van der Waals surface area contributed by atoms with E-state index in [1.165, 1.54) is 5.56 Å². The summed E-state index contributed by atoms with van der Waals surface area (Å²) < 4.78 is 0. The minimum Gasteiger partial charge on any atom is -0.508 e. The van der Waals surface area contributed by atoms with Gasteiger partial charge in [-0.05, 0) is 37.2 Å². The average molecular weight is 207 g/mol. The van der Waals surface area contributed by atoms with Crippen LogP contribution in [0.5, 0.6) is 5.75 Å². The van der Waals surface area contributed by atoms with Crippen molar-refractivity contribution >= 4 is 0 Å². The molecule has 0 radical (unpaired) electrons. The summed E-state index contributed by atoms with van der Waals surface area (Å²) in [7, 11) is 0. The average Bonchev–Trinajstić information content (AvgIpc) is 2.27. The van der Waals surface area contributed by atoms with Crippen LogP contribution >= 0.6 is 0 Å². The van der Waals surface area contributed by atoms with Crippen LogP contribution in [0.1, 0.15) is 38.8 Å². The second-order valence-corrected chi connectivity index (χ2v) is 3.74. The van der Waals surface area contributed by atoms with E-state index < -0.39 is 0 Å². The largest absolute Gasteiger partial charge is 0.508 e. The zero-order chi connectivity index (χ0) is 11.3. The van der Waals surface area contributed by atoms with Gasteiger partial charge in [-0.3, -0.25) is 4.90 Å². The Bertz CT molecular complexity index is 277. The Labute approximate surface area is 92.5 Å². The highest BCUT2D eigenvalue weighted by Crippen LogP contribution is 2.25. The van der Waals surface area contributed by atoms with Crippen LogP contribution in [0.25, 0.3) is 0 Å². The van der Waals surface area contributed by atoms with Crippen molar-refractivity contribution in [3.05, 3.63) is 29.8 Å². The van der Waals surface area contributed by atoms with Crippen molar-refractivity contribution in [2.45, 2.75) is 33.2 Å². The van der Waals surface area contributed by atoms with E-state index in [4.69, 9.17) is 0 Å². The summed E-state index contributed by atoms with van der Waals surface area (Å²) in [5, 5.41) is 9.25. The number of hydrogen-bond donors (Lipinski definition) is 1. The van der Waals surface area contributed by atoms with Crippen LogP contribution in [0.15, 0.2) is 24.3 Å². The van der Waals surface area contributed by atoms with Crippen LogP contribution < -0.4 is 0 Å². The van der Waals surface area contributed by atoms with Crippen LogP contribution in [-0.4, -0.2) is 23.1 Å². The molecule has 0 aliphatic carbocycles. The third kappa shape index (κ3) is 2.96. The predicted molar refractivity (Wildman–Crippen MR) is 64.1 cm³/mol. The molecule has 0 saturated heterocycles. The normalized spacial score (nSPS) is 13.1. The number of rotatable bonds is 5. The lowest BCUT2D eigenvalue weighted by molar-refractivity contribution is 0.213. The van der Waals surface area contributed by atoms with Crippen LogP contribution in [0, 0.1) is 0 Å². The molecule has 2 nitrogen and oxygen atoms in total. The third-order valence-corrected chi connectivity index (χ3v) is 2.92. The van der Waals surface area contributed by atoms with Gasteiger partial charge >= 0.3 is 0 Å². The SMILES string of the molecule is CCC(c1ccc(O)cc1)N(CC)CC. The van der Waals surface area contributed by atoms with Gasteiger partial charge in [0.25, 0.3) is 0 Å². The van der Waals surface area contributed by atoms with Crippen molar-refractivity contribution in [1.82, 2.24) is 4.90 Å². The molecule has 0 bridgehead atoms. The molecule has 0 aromatic heterocycles. The molecule has 1 rings (SSSR count). The van der Waals surface area contributed by atoms with E-state index in [2.05, 4.69) is 25.7 Å². The highest BCUT2D eigenvalue weighted by Gasteiger charge is 2.15. The van der Waals surface area contributed by atoms with Crippen molar-refractivity contribution < 1.29 is 5.11 Å². The lowest BCUT2D eigenvalue weighted by Gasteiger charge is -2.29. The van der Waals surface area contributed by atoms with Gasteiger partial charge in [0.05, 0.1) is 0 Å². The molecule has 0 heterocycles. The van der Waals surface area contributed by atoms with Crippen LogP contribution in [0.2, 0.25) is 0 Å². The van der Waals surface area contributed by atoms with E-state index in [-0.39, 0.29) is 0 Å². The molecular formula is C13H21NO. The minimum absolute atomic E-state index is 0.341. The molecular weight excluding hydrogens is 186 g/mol. The molecule has 1 aromatic rings. The number of phenols is 1. The number of phenolic OH excluding ortho intramolecular Hbond substituents is 1. The van der Waals surface area contributed by atoms with Gasteiger partial charge in [-0.1, -0.05) is 32.9 Å². The summed E-state index contributed by atoms with van der Waals surface area (Å²) in [6, 6.07) is 8.03. The Hall–Kier alpha value is -1.02. The van der Waals surface area contributed by atoms with Crippen LogP contribution in [0.4, 0.5) is 0 Å². The molecule has 0 amide bonds. The first kappa shape index (κ1) is 12.1. The number of hydrogen-bond acceptors (Lipinski definition) is 2. The van der Waals surface area contributed by atoms with E-state index in [0.717, 1.165) is 19.5 Å². The molecule has 1 unspecified atom stereocenters.